The van der Waals surface area contributed by atoms with Crippen molar-refractivity contribution in [3.05, 3.63) is 18.2 Å². The lowest BCUT2D eigenvalue weighted by Gasteiger charge is -2.33. The second-order valence-electron chi connectivity index (χ2n) is 8.89. The average Bonchev–Trinajstić information content (AvgIpc) is 3.38. The number of alkyl halides is 6. The van der Waals surface area contributed by atoms with Gasteiger partial charge in [-0.2, -0.15) is 26.3 Å². The Hall–Kier alpha value is -3.28. The first-order chi connectivity index (χ1) is 18.0. The van der Waals surface area contributed by atoms with Crippen LogP contribution in [0.4, 0.5) is 36.7 Å². The molecule has 4 heterocycles. The Kier molecular flexibility index (Phi) is 10.8. The summed E-state index contributed by atoms with van der Waals surface area (Å²) in [6.07, 6.45) is -6.30. The number of piperazine rings is 1. The molecule has 0 spiro atoms. The first-order valence-electron chi connectivity index (χ1n) is 11.4. The molecular weight excluding hydrogens is 551 g/mol. The lowest BCUT2D eigenvalue weighted by Crippen LogP contribution is -2.47. The Morgan fingerprint density at radius 3 is 1.87 bits per heavy atom. The van der Waals surface area contributed by atoms with Crippen molar-refractivity contribution in [3.63, 3.8) is 0 Å². The van der Waals surface area contributed by atoms with Crippen LogP contribution in [0.1, 0.15) is 12.8 Å². The molecule has 0 unspecified atom stereocenters. The van der Waals surface area contributed by atoms with Crippen molar-refractivity contribution in [2.45, 2.75) is 37.4 Å². The van der Waals surface area contributed by atoms with Gasteiger partial charge in [0.05, 0.1) is 31.0 Å². The minimum atomic E-state index is -5.08. The molecule has 1 aromatic heterocycles. The van der Waals surface area contributed by atoms with Gasteiger partial charge in [-0.15, -0.1) is 0 Å². The number of carbonyl (C=O) groups is 3. The van der Waals surface area contributed by atoms with E-state index in [4.69, 9.17) is 24.5 Å². The van der Waals surface area contributed by atoms with Crippen LogP contribution < -0.4 is 4.90 Å². The number of hydrogen-bond acceptors (Lipinski definition) is 8. The highest BCUT2D eigenvalue weighted by Crippen LogP contribution is 2.35. The molecule has 0 aromatic carbocycles. The first kappa shape index (κ1) is 31.9. The summed E-state index contributed by atoms with van der Waals surface area (Å²) in [6.45, 7) is 5.00. The molecule has 39 heavy (non-hydrogen) atoms. The van der Waals surface area contributed by atoms with E-state index in [2.05, 4.69) is 21.9 Å². The van der Waals surface area contributed by atoms with Gasteiger partial charge in [-0.05, 0) is 13.5 Å². The molecule has 3 atom stereocenters. The number of nitrogens with zero attached hydrogens (tertiary/aromatic N) is 5. The second kappa shape index (κ2) is 13.2. The fourth-order valence-electron chi connectivity index (χ4n) is 4.01. The van der Waals surface area contributed by atoms with Crippen LogP contribution in [0.5, 0.6) is 0 Å². The van der Waals surface area contributed by atoms with Crippen LogP contribution in [0.3, 0.4) is 0 Å². The van der Waals surface area contributed by atoms with Gasteiger partial charge in [-0.3, -0.25) is 4.79 Å². The zero-order valence-electron chi connectivity index (χ0n) is 20.5. The number of halogens is 7. The number of rotatable bonds is 3. The lowest BCUT2D eigenvalue weighted by atomic mass is 10.0. The summed E-state index contributed by atoms with van der Waals surface area (Å²) in [5.41, 5.74) is 0. The molecule has 3 saturated heterocycles. The molecule has 0 bridgehead atoms. The molecule has 3 aliphatic rings. The minimum Gasteiger partial charge on any atom is -0.475 e. The molecule has 0 saturated carbocycles. The van der Waals surface area contributed by atoms with Gasteiger partial charge in [-0.25, -0.2) is 23.9 Å². The number of anilines is 1. The highest BCUT2D eigenvalue weighted by atomic mass is 19.4. The number of hydrogen-bond donors (Lipinski definition) is 2. The molecule has 3 aliphatic heterocycles. The van der Waals surface area contributed by atoms with E-state index >= 15 is 0 Å². The van der Waals surface area contributed by atoms with E-state index in [0.717, 1.165) is 39.1 Å². The molecule has 1 amide bonds. The standard InChI is InChI=1S/C17H24FN5O2.2C2HF3O2/c1-21-2-4-22(5-3-21)16(24)7-14-6-12-10-23(11-15(12)25-14)17-19-8-13(18)9-20-17;2*3-2(4,5)1(6)7/h8-9,12,14-15H,2-7,10-11H2,1H3;2*(H,6,7)/t12-,14+,15+;;/m0../s1. The fraction of sp³-hybridized carbons (Fsp3) is 0.667. The topological polar surface area (TPSA) is 136 Å². The maximum atomic E-state index is 12.9. The van der Waals surface area contributed by atoms with Crippen molar-refractivity contribution in [3.8, 4) is 0 Å². The predicted octanol–water partition coefficient (Wildman–Crippen LogP) is 1.64. The summed E-state index contributed by atoms with van der Waals surface area (Å²) in [4.78, 5) is 44.6. The minimum absolute atomic E-state index is 0.0124. The van der Waals surface area contributed by atoms with E-state index < -0.39 is 30.1 Å². The Labute approximate surface area is 217 Å². The summed E-state index contributed by atoms with van der Waals surface area (Å²) in [6, 6.07) is 0. The molecule has 2 N–H and O–H groups in total. The molecule has 1 aromatic rings. The third-order valence-corrected chi connectivity index (χ3v) is 5.95. The Morgan fingerprint density at radius 2 is 1.44 bits per heavy atom. The Bertz CT molecular complexity index is 949. The van der Waals surface area contributed by atoms with Crippen LogP contribution in [0, 0.1) is 11.7 Å². The van der Waals surface area contributed by atoms with Crippen molar-refractivity contribution >= 4 is 23.8 Å². The Morgan fingerprint density at radius 1 is 0.949 bits per heavy atom. The number of fused-ring (bicyclic) bond motifs is 1. The largest absolute Gasteiger partial charge is 0.490 e. The van der Waals surface area contributed by atoms with Crippen molar-refractivity contribution in [2.24, 2.45) is 5.92 Å². The maximum absolute atomic E-state index is 12.9. The average molecular weight is 577 g/mol. The van der Waals surface area contributed by atoms with Gasteiger partial charge in [-0.1, -0.05) is 0 Å². The summed E-state index contributed by atoms with van der Waals surface area (Å²) in [5, 5.41) is 14.2. The van der Waals surface area contributed by atoms with Crippen molar-refractivity contribution in [1.82, 2.24) is 19.8 Å². The van der Waals surface area contributed by atoms with Gasteiger partial charge in [0.25, 0.3) is 0 Å². The van der Waals surface area contributed by atoms with Crippen molar-refractivity contribution in [1.29, 1.82) is 0 Å². The number of carboxylic acid groups (broad SMARTS) is 2. The number of likely N-dealkylation sites (N-methyl/N-ethyl adjacent to an activating group) is 1. The molecule has 4 rings (SSSR count). The second-order valence-corrected chi connectivity index (χ2v) is 8.89. The molecular formula is C21H26F7N5O6. The van der Waals surface area contributed by atoms with E-state index in [9.17, 15) is 35.5 Å². The number of carbonyl (C=O) groups excluding carboxylic acids is 1. The van der Waals surface area contributed by atoms with Crippen molar-refractivity contribution in [2.75, 3.05) is 51.2 Å². The monoisotopic (exact) mass is 577 g/mol. The Balaban J connectivity index is 0.000000317. The van der Waals surface area contributed by atoms with Crippen LogP contribution >= 0.6 is 0 Å². The zero-order valence-corrected chi connectivity index (χ0v) is 20.5. The van der Waals surface area contributed by atoms with Crippen molar-refractivity contribution < 1.29 is 60.1 Å². The third-order valence-electron chi connectivity index (χ3n) is 5.95. The van der Waals surface area contributed by atoms with Gasteiger partial charge < -0.3 is 29.6 Å². The molecule has 18 heteroatoms. The van der Waals surface area contributed by atoms with E-state index in [1.165, 1.54) is 12.4 Å². The van der Waals surface area contributed by atoms with Crippen LogP contribution in [-0.2, 0) is 19.1 Å². The highest BCUT2D eigenvalue weighted by molar-refractivity contribution is 5.77. The van der Waals surface area contributed by atoms with Crippen LogP contribution in [0.25, 0.3) is 0 Å². The van der Waals surface area contributed by atoms with Crippen LogP contribution in [0.2, 0.25) is 0 Å². The SMILES string of the molecule is CN1CCN(C(=O)C[C@H]2C[C@H]3CN(c4ncc(F)cn4)C[C@H]3O2)CC1.O=C(O)C(F)(F)F.O=C(O)C(F)(F)F. The van der Waals surface area contributed by atoms with Gasteiger partial charge in [0.1, 0.15) is 0 Å². The summed E-state index contributed by atoms with van der Waals surface area (Å²) in [7, 11) is 2.08. The smallest absolute Gasteiger partial charge is 0.475 e. The predicted molar refractivity (Wildman–Crippen MR) is 117 cm³/mol. The van der Waals surface area contributed by atoms with Crippen LogP contribution in [0.15, 0.2) is 12.4 Å². The molecule has 0 radical (unpaired) electrons. The number of carboxylic acids is 2. The van der Waals surface area contributed by atoms with Gasteiger partial charge in [0.2, 0.25) is 11.9 Å². The number of ether oxygens (including phenoxy) is 1. The van der Waals surface area contributed by atoms with E-state index in [1.54, 1.807) is 0 Å². The quantitative estimate of drug-likeness (QED) is 0.511. The van der Waals surface area contributed by atoms with E-state index in [-0.39, 0.29) is 18.1 Å². The van der Waals surface area contributed by atoms with E-state index in [0.29, 0.717) is 24.8 Å². The van der Waals surface area contributed by atoms with Crippen LogP contribution in [-0.4, -0.2) is 119 Å². The first-order valence-corrected chi connectivity index (χ1v) is 11.4. The number of aliphatic carboxylic acids is 2. The number of aromatic nitrogens is 2. The fourth-order valence-corrected chi connectivity index (χ4v) is 4.01. The normalized spacial score (nSPS) is 23.2. The summed E-state index contributed by atoms with van der Waals surface area (Å²) in [5.74, 6) is -4.80. The maximum Gasteiger partial charge on any atom is 0.490 e. The van der Waals surface area contributed by atoms with Gasteiger partial charge in [0.15, 0.2) is 5.82 Å². The van der Waals surface area contributed by atoms with E-state index in [1.807, 2.05) is 9.80 Å². The number of amides is 1. The molecule has 0 aliphatic carbocycles. The lowest BCUT2D eigenvalue weighted by molar-refractivity contribution is -0.193. The zero-order chi connectivity index (χ0) is 29.5. The molecule has 3 fully saturated rings. The summed E-state index contributed by atoms with van der Waals surface area (Å²) < 4.78 is 82.5. The highest BCUT2D eigenvalue weighted by Gasteiger charge is 2.43. The van der Waals surface area contributed by atoms with Gasteiger partial charge in [0, 0.05) is 45.2 Å². The van der Waals surface area contributed by atoms with Gasteiger partial charge >= 0.3 is 24.3 Å². The molecule has 11 nitrogen and oxygen atoms in total. The molecule has 220 valence electrons. The summed E-state index contributed by atoms with van der Waals surface area (Å²) >= 11 is 0. The third kappa shape index (κ3) is 10.1.